The first kappa shape index (κ1) is 9.47. The largest absolute Gasteiger partial charge is 0.497 e. The van der Waals surface area contributed by atoms with E-state index in [9.17, 15) is 4.39 Å². The fraction of sp³-hybridized carbons (Fsp3) is 0.333. The van der Waals surface area contributed by atoms with Crippen LogP contribution in [-0.2, 0) is 12.8 Å². The lowest BCUT2D eigenvalue weighted by Gasteiger charge is -2.06. The summed E-state index contributed by atoms with van der Waals surface area (Å²) in [7, 11) is 4.19. The number of halogens is 1. The number of alkyl halides is 1. The molecule has 0 spiro atoms. The zero-order valence-corrected chi connectivity index (χ0v) is 8.16. The summed E-state index contributed by atoms with van der Waals surface area (Å²) in [5.74, 6) is 0.782. The van der Waals surface area contributed by atoms with Crippen LogP contribution in [0.15, 0.2) is 18.2 Å². The molecule has 0 radical (unpaired) electrons. The van der Waals surface area contributed by atoms with Crippen molar-refractivity contribution < 1.29 is 9.13 Å². The van der Waals surface area contributed by atoms with Crippen molar-refractivity contribution in [2.24, 2.45) is 0 Å². The molecule has 1 unspecified atom stereocenters. The number of ether oxygens (including phenoxy) is 1. The molecule has 0 amide bonds. The molecule has 0 aliphatic carbocycles. The third kappa shape index (κ3) is 1.95. The molecule has 1 nitrogen and oxygen atoms in total. The molecule has 12 heavy (non-hydrogen) atoms. The molecule has 0 aliphatic rings. The highest BCUT2D eigenvalue weighted by Gasteiger charge is 2.01. The molecule has 0 aliphatic heterocycles. The van der Waals surface area contributed by atoms with Crippen LogP contribution in [0, 0.1) is 0 Å². The molecule has 0 fully saturated rings. The van der Waals surface area contributed by atoms with Gasteiger partial charge in [-0.15, -0.1) is 9.24 Å². The second-order valence-corrected chi connectivity index (χ2v) is 2.88. The summed E-state index contributed by atoms with van der Waals surface area (Å²) in [6, 6.07) is 5.40. The van der Waals surface area contributed by atoms with E-state index in [0.717, 1.165) is 23.0 Å². The van der Waals surface area contributed by atoms with Gasteiger partial charge in [0.25, 0.3) is 0 Å². The Morgan fingerprint density at radius 2 is 2.17 bits per heavy atom. The van der Waals surface area contributed by atoms with Gasteiger partial charge in [0.05, 0.1) is 7.11 Å². The quantitative estimate of drug-likeness (QED) is 0.659. The zero-order valence-electron chi connectivity index (χ0n) is 7.01. The molecule has 0 aromatic heterocycles. The van der Waals surface area contributed by atoms with Gasteiger partial charge < -0.3 is 4.74 Å². The fourth-order valence-electron chi connectivity index (χ4n) is 1.05. The first-order valence-corrected chi connectivity index (χ1v) is 4.55. The van der Waals surface area contributed by atoms with E-state index in [0.29, 0.717) is 0 Å². The van der Waals surface area contributed by atoms with Crippen LogP contribution in [0.3, 0.4) is 0 Å². The Morgan fingerprint density at radius 1 is 1.42 bits per heavy atom. The van der Waals surface area contributed by atoms with Crippen LogP contribution < -0.4 is 4.74 Å². The summed E-state index contributed by atoms with van der Waals surface area (Å²) in [6.45, 7) is -0.409. The average molecular weight is 186 g/mol. The van der Waals surface area contributed by atoms with Crippen LogP contribution in [0.1, 0.15) is 11.1 Å². The monoisotopic (exact) mass is 186 g/mol. The maximum Gasteiger partial charge on any atom is 0.119 e. The van der Waals surface area contributed by atoms with Gasteiger partial charge in [-0.1, -0.05) is 6.07 Å². The highest BCUT2D eigenvalue weighted by atomic mass is 31.0. The van der Waals surface area contributed by atoms with Crippen molar-refractivity contribution >= 4 is 9.24 Å². The molecule has 1 aromatic carbocycles. The Kier molecular flexibility index (Phi) is 3.48. The summed E-state index contributed by atoms with van der Waals surface area (Å²) < 4.78 is 17.4. The van der Waals surface area contributed by atoms with Gasteiger partial charge in [0.2, 0.25) is 0 Å². The van der Waals surface area contributed by atoms with Gasteiger partial charge in [0, 0.05) is 0 Å². The van der Waals surface area contributed by atoms with E-state index in [1.54, 1.807) is 19.2 Å². The minimum atomic E-state index is -0.409. The molecule has 66 valence electrons. The van der Waals surface area contributed by atoms with Crippen LogP contribution in [0.4, 0.5) is 4.39 Å². The third-order valence-electron chi connectivity index (χ3n) is 1.78. The van der Waals surface area contributed by atoms with Gasteiger partial charge in [-0.3, -0.25) is 0 Å². The number of benzene rings is 1. The Morgan fingerprint density at radius 3 is 2.67 bits per heavy atom. The molecule has 0 bridgehead atoms. The molecule has 0 heterocycles. The van der Waals surface area contributed by atoms with E-state index < -0.39 is 6.67 Å². The highest BCUT2D eigenvalue weighted by Crippen LogP contribution is 2.20. The minimum Gasteiger partial charge on any atom is -0.497 e. The first-order valence-electron chi connectivity index (χ1n) is 3.73. The van der Waals surface area contributed by atoms with E-state index >= 15 is 0 Å². The Bertz CT molecular complexity index is 263. The van der Waals surface area contributed by atoms with Crippen molar-refractivity contribution in [2.45, 2.75) is 12.8 Å². The maximum absolute atomic E-state index is 12.4. The number of methoxy groups -OCH3 is 1. The van der Waals surface area contributed by atoms with Crippen molar-refractivity contribution in [3.05, 3.63) is 29.3 Å². The first-order chi connectivity index (χ1) is 5.81. The molecule has 0 saturated heterocycles. The molecule has 1 aromatic rings. The van der Waals surface area contributed by atoms with Gasteiger partial charge in [-0.05, 0) is 29.4 Å². The van der Waals surface area contributed by atoms with E-state index in [1.807, 2.05) is 6.07 Å². The maximum atomic E-state index is 12.4. The molecular formula is C9H12FOP. The van der Waals surface area contributed by atoms with Gasteiger partial charge in [0.1, 0.15) is 12.4 Å². The lowest BCUT2D eigenvalue weighted by molar-refractivity contribution is 0.413. The molecule has 1 rings (SSSR count). The van der Waals surface area contributed by atoms with Crippen LogP contribution >= 0.6 is 9.24 Å². The molecule has 1 atom stereocenters. The van der Waals surface area contributed by atoms with E-state index in [-0.39, 0.29) is 0 Å². The van der Waals surface area contributed by atoms with Gasteiger partial charge in [-0.25, -0.2) is 4.39 Å². The van der Waals surface area contributed by atoms with Gasteiger partial charge in [-0.2, -0.15) is 0 Å². The zero-order chi connectivity index (χ0) is 8.97. The normalized spacial score (nSPS) is 9.92. The summed E-state index contributed by atoms with van der Waals surface area (Å²) >= 11 is 0. The summed E-state index contributed by atoms with van der Waals surface area (Å²) in [5.41, 5.74) is 1.73. The second-order valence-electron chi connectivity index (χ2n) is 2.47. The van der Waals surface area contributed by atoms with Crippen molar-refractivity contribution in [1.29, 1.82) is 0 Å². The van der Waals surface area contributed by atoms with Gasteiger partial charge >= 0.3 is 0 Å². The van der Waals surface area contributed by atoms with Crippen molar-refractivity contribution in [2.75, 3.05) is 7.11 Å². The smallest absolute Gasteiger partial charge is 0.119 e. The van der Waals surface area contributed by atoms with Crippen molar-refractivity contribution in [3.63, 3.8) is 0 Å². The van der Waals surface area contributed by atoms with E-state index in [2.05, 4.69) is 9.24 Å². The predicted molar refractivity (Wildman–Crippen MR) is 51.2 cm³/mol. The van der Waals surface area contributed by atoms with Crippen LogP contribution in [0.25, 0.3) is 0 Å². The number of hydrogen-bond acceptors (Lipinski definition) is 1. The summed E-state index contributed by atoms with van der Waals surface area (Å²) in [5, 5.41) is 0. The lowest BCUT2D eigenvalue weighted by atomic mass is 10.1. The Labute approximate surface area is 74.1 Å². The number of rotatable bonds is 3. The summed E-state index contributed by atoms with van der Waals surface area (Å²) in [4.78, 5) is 0. The Balaban J connectivity index is 3.02. The predicted octanol–water partition coefficient (Wildman–Crippen LogP) is 2.54. The van der Waals surface area contributed by atoms with E-state index in [1.165, 1.54) is 0 Å². The van der Waals surface area contributed by atoms with Gasteiger partial charge in [0.15, 0.2) is 0 Å². The summed E-state index contributed by atoms with van der Waals surface area (Å²) in [6.07, 6.45) is 0.760. The lowest BCUT2D eigenvalue weighted by Crippen LogP contribution is -1.90. The molecule has 0 N–H and O–H groups in total. The topological polar surface area (TPSA) is 9.23 Å². The molecular weight excluding hydrogens is 174 g/mol. The van der Waals surface area contributed by atoms with Crippen LogP contribution in [0.5, 0.6) is 5.75 Å². The minimum absolute atomic E-state index is 0.409. The van der Waals surface area contributed by atoms with E-state index in [4.69, 9.17) is 4.74 Å². The van der Waals surface area contributed by atoms with Crippen LogP contribution in [0.2, 0.25) is 0 Å². The highest BCUT2D eigenvalue weighted by molar-refractivity contribution is 7.15. The molecule has 3 heteroatoms. The van der Waals surface area contributed by atoms with Crippen molar-refractivity contribution in [1.82, 2.24) is 0 Å². The SMILES string of the molecule is COc1ccc(CF)c(CP)c1. The molecule has 0 saturated carbocycles. The Hall–Kier alpha value is -0.620. The third-order valence-corrected chi connectivity index (χ3v) is 2.22. The standard InChI is InChI=1S/C9H12FOP/c1-11-9-3-2-7(5-10)8(4-9)6-12/h2-4H,5-6,12H2,1H3. The second kappa shape index (κ2) is 4.42. The number of hydrogen-bond donors (Lipinski definition) is 0. The van der Waals surface area contributed by atoms with Crippen LogP contribution in [-0.4, -0.2) is 7.11 Å². The van der Waals surface area contributed by atoms with Crippen molar-refractivity contribution in [3.8, 4) is 5.75 Å². The average Bonchev–Trinajstić information content (AvgIpc) is 2.16. The fourth-order valence-corrected chi connectivity index (χ4v) is 1.43.